The fourth-order valence-electron chi connectivity index (χ4n) is 2.19. The molecule has 2 atom stereocenters. The second kappa shape index (κ2) is 7.61. The third kappa shape index (κ3) is 4.60. The molecule has 0 saturated carbocycles. The SMILES string of the molecule is C[C@H](NC(=O)C[C@H](NC(N)=O)c1cccs1)c1ccccc1. The van der Waals surface area contributed by atoms with Crippen LogP contribution in [-0.2, 0) is 4.79 Å². The summed E-state index contributed by atoms with van der Waals surface area (Å²) in [6, 6.07) is 12.3. The Bertz CT molecular complexity index is 614. The molecule has 1 aromatic carbocycles. The van der Waals surface area contributed by atoms with Crippen molar-refractivity contribution in [3.05, 3.63) is 58.3 Å². The first-order valence-electron chi connectivity index (χ1n) is 7.00. The summed E-state index contributed by atoms with van der Waals surface area (Å²) < 4.78 is 0. The fourth-order valence-corrected chi connectivity index (χ4v) is 2.97. The zero-order chi connectivity index (χ0) is 15.9. The van der Waals surface area contributed by atoms with Gasteiger partial charge in [0.25, 0.3) is 0 Å². The maximum Gasteiger partial charge on any atom is 0.312 e. The molecule has 3 amide bonds. The van der Waals surface area contributed by atoms with Gasteiger partial charge in [0, 0.05) is 4.88 Å². The third-order valence-electron chi connectivity index (χ3n) is 3.27. The van der Waals surface area contributed by atoms with Crippen molar-refractivity contribution < 1.29 is 9.59 Å². The average molecular weight is 317 g/mol. The lowest BCUT2D eigenvalue weighted by Gasteiger charge is -2.19. The molecule has 2 rings (SSSR count). The molecular formula is C16H19N3O2S. The lowest BCUT2D eigenvalue weighted by Crippen LogP contribution is -2.36. The highest BCUT2D eigenvalue weighted by molar-refractivity contribution is 7.10. The van der Waals surface area contributed by atoms with Crippen LogP contribution in [0, 0.1) is 0 Å². The van der Waals surface area contributed by atoms with E-state index in [-0.39, 0.29) is 18.4 Å². The first-order valence-corrected chi connectivity index (χ1v) is 7.88. The molecule has 116 valence electrons. The van der Waals surface area contributed by atoms with Crippen LogP contribution < -0.4 is 16.4 Å². The predicted molar refractivity (Wildman–Crippen MR) is 87.4 cm³/mol. The number of primary amides is 1. The summed E-state index contributed by atoms with van der Waals surface area (Å²) >= 11 is 1.48. The minimum atomic E-state index is -0.637. The molecule has 0 saturated heterocycles. The van der Waals surface area contributed by atoms with E-state index in [1.807, 2.05) is 54.8 Å². The number of amides is 3. The lowest BCUT2D eigenvalue weighted by molar-refractivity contribution is -0.122. The maximum absolute atomic E-state index is 12.2. The van der Waals surface area contributed by atoms with Crippen molar-refractivity contribution in [2.75, 3.05) is 0 Å². The highest BCUT2D eigenvalue weighted by Gasteiger charge is 2.19. The number of benzene rings is 1. The van der Waals surface area contributed by atoms with Crippen molar-refractivity contribution in [3.63, 3.8) is 0 Å². The molecule has 0 unspecified atom stereocenters. The Balaban J connectivity index is 1.98. The van der Waals surface area contributed by atoms with Gasteiger partial charge in [-0.3, -0.25) is 4.79 Å². The summed E-state index contributed by atoms with van der Waals surface area (Å²) in [7, 11) is 0. The summed E-state index contributed by atoms with van der Waals surface area (Å²) in [5.41, 5.74) is 6.22. The lowest BCUT2D eigenvalue weighted by atomic mass is 10.1. The van der Waals surface area contributed by atoms with Crippen LogP contribution in [-0.4, -0.2) is 11.9 Å². The molecule has 0 spiro atoms. The molecule has 0 fully saturated rings. The van der Waals surface area contributed by atoms with Gasteiger partial charge in [-0.1, -0.05) is 36.4 Å². The van der Waals surface area contributed by atoms with Crippen LogP contribution in [0.4, 0.5) is 4.79 Å². The van der Waals surface area contributed by atoms with Gasteiger partial charge < -0.3 is 16.4 Å². The van der Waals surface area contributed by atoms with Crippen molar-refractivity contribution in [1.82, 2.24) is 10.6 Å². The topological polar surface area (TPSA) is 84.2 Å². The second-order valence-electron chi connectivity index (χ2n) is 4.98. The first-order chi connectivity index (χ1) is 10.6. The number of nitrogens with one attached hydrogen (secondary N) is 2. The third-order valence-corrected chi connectivity index (χ3v) is 4.26. The van der Waals surface area contributed by atoms with Gasteiger partial charge in [-0.05, 0) is 23.9 Å². The van der Waals surface area contributed by atoms with E-state index in [2.05, 4.69) is 10.6 Å². The number of carbonyl (C=O) groups excluding carboxylic acids is 2. The van der Waals surface area contributed by atoms with Crippen LogP contribution >= 0.6 is 11.3 Å². The van der Waals surface area contributed by atoms with Gasteiger partial charge in [0.15, 0.2) is 0 Å². The van der Waals surface area contributed by atoms with Gasteiger partial charge in [-0.15, -0.1) is 11.3 Å². The van der Waals surface area contributed by atoms with Crippen molar-refractivity contribution in [3.8, 4) is 0 Å². The van der Waals surface area contributed by atoms with E-state index in [9.17, 15) is 9.59 Å². The van der Waals surface area contributed by atoms with Crippen molar-refractivity contribution in [2.24, 2.45) is 5.73 Å². The summed E-state index contributed by atoms with van der Waals surface area (Å²) in [5.74, 6) is -0.136. The number of carbonyl (C=O) groups is 2. The standard InChI is InChI=1S/C16H19N3O2S/c1-11(12-6-3-2-4-7-12)18-15(20)10-13(19-16(17)21)14-8-5-9-22-14/h2-9,11,13H,10H2,1H3,(H,18,20)(H3,17,19,21)/t11-,13-/m0/s1. The minimum absolute atomic E-state index is 0.0914. The number of thiophene rings is 1. The molecule has 22 heavy (non-hydrogen) atoms. The van der Waals surface area contributed by atoms with Crippen LogP contribution in [0.25, 0.3) is 0 Å². The van der Waals surface area contributed by atoms with Crippen molar-refractivity contribution >= 4 is 23.3 Å². The Morgan fingerprint density at radius 2 is 1.86 bits per heavy atom. The van der Waals surface area contributed by atoms with E-state index in [1.165, 1.54) is 11.3 Å². The normalized spacial score (nSPS) is 13.1. The number of urea groups is 1. The molecule has 0 aliphatic rings. The van der Waals surface area contributed by atoms with Crippen LogP contribution in [0.3, 0.4) is 0 Å². The van der Waals surface area contributed by atoms with E-state index in [0.29, 0.717) is 0 Å². The number of rotatable bonds is 6. The Morgan fingerprint density at radius 3 is 2.45 bits per heavy atom. The molecule has 4 N–H and O–H groups in total. The van der Waals surface area contributed by atoms with Gasteiger partial charge >= 0.3 is 6.03 Å². The molecule has 5 nitrogen and oxygen atoms in total. The van der Waals surface area contributed by atoms with Crippen LogP contribution in [0.1, 0.15) is 35.9 Å². The maximum atomic E-state index is 12.2. The number of hydrogen-bond acceptors (Lipinski definition) is 3. The summed E-state index contributed by atoms with van der Waals surface area (Å²) in [4.78, 5) is 24.2. The van der Waals surface area contributed by atoms with Crippen LogP contribution in [0.15, 0.2) is 47.8 Å². The van der Waals surface area contributed by atoms with Gasteiger partial charge in [0.2, 0.25) is 5.91 Å². The molecule has 0 aliphatic heterocycles. The Kier molecular flexibility index (Phi) is 5.55. The zero-order valence-electron chi connectivity index (χ0n) is 12.3. The molecule has 1 heterocycles. The summed E-state index contributed by atoms with van der Waals surface area (Å²) in [6.07, 6.45) is 0.153. The van der Waals surface area contributed by atoms with E-state index in [0.717, 1.165) is 10.4 Å². The molecule has 0 aliphatic carbocycles. The summed E-state index contributed by atoms with van der Waals surface area (Å²) in [6.45, 7) is 1.93. The Morgan fingerprint density at radius 1 is 1.14 bits per heavy atom. The van der Waals surface area contributed by atoms with Crippen molar-refractivity contribution in [1.29, 1.82) is 0 Å². The highest BCUT2D eigenvalue weighted by Crippen LogP contribution is 2.22. The Hall–Kier alpha value is -2.34. The van der Waals surface area contributed by atoms with Gasteiger partial charge in [-0.2, -0.15) is 0 Å². The first kappa shape index (κ1) is 16.0. The summed E-state index contributed by atoms with van der Waals surface area (Å²) in [5, 5.41) is 7.45. The monoisotopic (exact) mass is 317 g/mol. The smallest absolute Gasteiger partial charge is 0.312 e. The molecular weight excluding hydrogens is 298 g/mol. The molecule has 2 aromatic rings. The molecule has 0 radical (unpaired) electrons. The predicted octanol–water partition coefficient (Wildman–Crippen LogP) is 2.73. The molecule has 6 heteroatoms. The van der Waals surface area contributed by atoms with Crippen LogP contribution in [0.5, 0.6) is 0 Å². The number of hydrogen-bond donors (Lipinski definition) is 3. The quantitative estimate of drug-likeness (QED) is 0.765. The van der Waals surface area contributed by atoms with Gasteiger partial charge in [0.05, 0.1) is 18.5 Å². The van der Waals surface area contributed by atoms with E-state index >= 15 is 0 Å². The largest absolute Gasteiger partial charge is 0.352 e. The Labute approximate surface area is 133 Å². The van der Waals surface area contributed by atoms with Crippen LogP contribution in [0.2, 0.25) is 0 Å². The van der Waals surface area contributed by atoms with E-state index in [1.54, 1.807) is 0 Å². The second-order valence-corrected chi connectivity index (χ2v) is 5.96. The van der Waals surface area contributed by atoms with E-state index < -0.39 is 12.1 Å². The zero-order valence-corrected chi connectivity index (χ0v) is 13.1. The number of nitrogens with two attached hydrogens (primary N) is 1. The molecule has 0 bridgehead atoms. The van der Waals surface area contributed by atoms with Gasteiger partial charge in [-0.25, -0.2) is 4.79 Å². The average Bonchev–Trinajstić information content (AvgIpc) is 3.01. The fraction of sp³-hybridized carbons (Fsp3) is 0.250. The molecule has 1 aromatic heterocycles. The van der Waals surface area contributed by atoms with Crippen molar-refractivity contribution in [2.45, 2.75) is 25.4 Å². The minimum Gasteiger partial charge on any atom is -0.352 e. The van der Waals surface area contributed by atoms with Gasteiger partial charge in [0.1, 0.15) is 0 Å². The van der Waals surface area contributed by atoms with E-state index in [4.69, 9.17) is 5.73 Å². The highest BCUT2D eigenvalue weighted by atomic mass is 32.1.